The minimum atomic E-state index is -0.429. The van der Waals surface area contributed by atoms with Crippen molar-refractivity contribution < 1.29 is 4.39 Å². The van der Waals surface area contributed by atoms with Crippen LogP contribution in [0.5, 0.6) is 0 Å². The van der Waals surface area contributed by atoms with Gasteiger partial charge >= 0.3 is 0 Å². The van der Waals surface area contributed by atoms with Crippen LogP contribution in [0.25, 0.3) is 0 Å². The number of nitrogens with zero attached hydrogens (tertiary/aromatic N) is 2. The number of halogens is 1. The monoisotopic (exact) mass is 188 g/mol. The number of hydrogen-bond donors (Lipinski definition) is 0. The summed E-state index contributed by atoms with van der Waals surface area (Å²) in [6.45, 7) is 0.336. The molecule has 1 aromatic rings. The van der Waals surface area contributed by atoms with Gasteiger partial charge in [-0.2, -0.15) is 5.26 Å². The number of terminal acetylenes is 1. The Hall–Kier alpha value is -2.00. The first-order valence-electron chi connectivity index (χ1n) is 4.03. The Morgan fingerprint density at radius 1 is 1.57 bits per heavy atom. The van der Waals surface area contributed by atoms with E-state index in [0.29, 0.717) is 17.8 Å². The average molecular weight is 188 g/mol. The van der Waals surface area contributed by atoms with E-state index < -0.39 is 5.82 Å². The van der Waals surface area contributed by atoms with Crippen LogP contribution >= 0.6 is 0 Å². The van der Waals surface area contributed by atoms with Gasteiger partial charge in [0.1, 0.15) is 5.82 Å². The van der Waals surface area contributed by atoms with Gasteiger partial charge in [-0.05, 0) is 18.2 Å². The summed E-state index contributed by atoms with van der Waals surface area (Å²) in [5.41, 5.74) is 0.710. The molecule has 1 aromatic carbocycles. The van der Waals surface area contributed by atoms with Crippen LogP contribution in [0.1, 0.15) is 5.56 Å². The van der Waals surface area contributed by atoms with Crippen LogP contribution < -0.4 is 4.90 Å². The second-order valence-corrected chi connectivity index (χ2v) is 2.84. The van der Waals surface area contributed by atoms with Gasteiger partial charge in [0.15, 0.2) is 0 Å². The molecule has 0 spiro atoms. The molecule has 3 heteroatoms. The number of rotatable bonds is 2. The van der Waals surface area contributed by atoms with Crippen LogP contribution in [0.3, 0.4) is 0 Å². The second kappa shape index (κ2) is 4.30. The molecule has 0 atom stereocenters. The molecule has 0 bridgehead atoms. The molecule has 0 fully saturated rings. The molecule has 0 amide bonds. The van der Waals surface area contributed by atoms with Crippen molar-refractivity contribution in [1.82, 2.24) is 0 Å². The van der Waals surface area contributed by atoms with E-state index in [2.05, 4.69) is 5.92 Å². The Bertz CT molecular complexity index is 412. The largest absolute Gasteiger partial charge is 0.361 e. The Labute approximate surface area is 82.6 Å². The first kappa shape index (κ1) is 10.1. The zero-order valence-corrected chi connectivity index (χ0v) is 7.79. The summed E-state index contributed by atoms with van der Waals surface area (Å²) in [6, 6.07) is 6.17. The Kier molecular flexibility index (Phi) is 3.09. The third-order valence-electron chi connectivity index (χ3n) is 1.82. The molecule has 1 rings (SSSR count). The zero-order chi connectivity index (χ0) is 10.6. The maximum absolute atomic E-state index is 13.3. The van der Waals surface area contributed by atoms with Crippen LogP contribution in [-0.4, -0.2) is 13.6 Å². The molecule has 0 saturated carbocycles. The lowest BCUT2D eigenvalue weighted by atomic mass is 10.2. The quantitative estimate of drug-likeness (QED) is 0.661. The van der Waals surface area contributed by atoms with Crippen LogP contribution in [0, 0.1) is 29.5 Å². The first-order chi connectivity index (χ1) is 6.69. The van der Waals surface area contributed by atoms with E-state index in [-0.39, 0.29) is 0 Å². The highest BCUT2D eigenvalue weighted by atomic mass is 19.1. The normalized spacial score (nSPS) is 8.86. The van der Waals surface area contributed by atoms with Crippen molar-refractivity contribution in [2.24, 2.45) is 0 Å². The summed E-state index contributed by atoms with van der Waals surface area (Å²) in [6.07, 6.45) is 5.11. The van der Waals surface area contributed by atoms with E-state index in [1.165, 1.54) is 6.07 Å². The Morgan fingerprint density at radius 3 is 2.79 bits per heavy atom. The van der Waals surface area contributed by atoms with Gasteiger partial charge in [0.25, 0.3) is 0 Å². The van der Waals surface area contributed by atoms with Crippen LogP contribution in [-0.2, 0) is 0 Å². The number of benzene rings is 1. The van der Waals surface area contributed by atoms with Crippen molar-refractivity contribution in [2.45, 2.75) is 0 Å². The zero-order valence-electron chi connectivity index (χ0n) is 7.79. The third-order valence-corrected chi connectivity index (χ3v) is 1.82. The summed E-state index contributed by atoms with van der Waals surface area (Å²) < 4.78 is 13.3. The standard InChI is InChI=1S/C11H9FN2/c1-3-6-14(2)11-5-4-9(8-13)7-10(11)12/h1,4-5,7H,6H2,2H3. The lowest BCUT2D eigenvalue weighted by Gasteiger charge is -2.16. The van der Waals surface area contributed by atoms with E-state index in [9.17, 15) is 4.39 Å². The molecule has 2 nitrogen and oxygen atoms in total. The molecule has 0 N–H and O–H groups in total. The lowest BCUT2D eigenvalue weighted by molar-refractivity contribution is 0.624. The van der Waals surface area contributed by atoms with Gasteiger partial charge in [0.05, 0.1) is 23.9 Å². The van der Waals surface area contributed by atoms with E-state index >= 15 is 0 Å². The molecule has 0 aliphatic rings. The highest BCUT2D eigenvalue weighted by molar-refractivity contribution is 5.51. The number of anilines is 1. The minimum absolute atomic E-state index is 0.306. The molecule has 0 unspecified atom stereocenters. The molecular formula is C11H9FN2. The Balaban J connectivity index is 3.02. The summed E-state index contributed by atoms with van der Waals surface area (Å²) in [5, 5.41) is 8.53. The topological polar surface area (TPSA) is 27.0 Å². The fraction of sp³-hybridized carbons (Fsp3) is 0.182. The van der Waals surface area contributed by atoms with E-state index in [0.717, 1.165) is 0 Å². The molecule has 0 radical (unpaired) electrons. The highest BCUT2D eigenvalue weighted by Gasteiger charge is 2.06. The van der Waals surface area contributed by atoms with Crippen LogP contribution in [0.2, 0.25) is 0 Å². The van der Waals surface area contributed by atoms with Crippen molar-refractivity contribution in [2.75, 3.05) is 18.5 Å². The minimum Gasteiger partial charge on any atom is -0.361 e. The highest BCUT2D eigenvalue weighted by Crippen LogP contribution is 2.18. The smallest absolute Gasteiger partial charge is 0.147 e. The van der Waals surface area contributed by atoms with Crippen LogP contribution in [0.15, 0.2) is 18.2 Å². The molecule has 14 heavy (non-hydrogen) atoms. The molecule has 0 aliphatic carbocycles. The van der Waals surface area contributed by atoms with Crippen molar-refractivity contribution >= 4 is 5.69 Å². The van der Waals surface area contributed by atoms with Crippen molar-refractivity contribution in [1.29, 1.82) is 5.26 Å². The number of nitriles is 1. The van der Waals surface area contributed by atoms with Crippen molar-refractivity contribution in [3.63, 3.8) is 0 Å². The molecule has 70 valence electrons. The van der Waals surface area contributed by atoms with Crippen molar-refractivity contribution in [3.8, 4) is 18.4 Å². The van der Waals surface area contributed by atoms with Gasteiger partial charge in [-0.25, -0.2) is 4.39 Å². The lowest BCUT2D eigenvalue weighted by Crippen LogP contribution is -2.18. The summed E-state index contributed by atoms with van der Waals surface area (Å²) >= 11 is 0. The average Bonchev–Trinajstić information content (AvgIpc) is 2.17. The molecule has 0 aromatic heterocycles. The third kappa shape index (κ3) is 2.02. The fourth-order valence-electron chi connectivity index (χ4n) is 1.11. The molecular weight excluding hydrogens is 179 g/mol. The molecule has 0 saturated heterocycles. The molecule has 0 aliphatic heterocycles. The van der Waals surface area contributed by atoms with Gasteiger partial charge in [-0.15, -0.1) is 6.42 Å². The first-order valence-corrected chi connectivity index (χ1v) is 4.03. The van der Waals surface area contributed by atoms with Gasteiger partial charge in [-0.3, -0.25) is 0 Å². The van der Waals surface area contributed by atoms with Crippen LogP contribution in [0.4, 0.5) is 10.1 Å². The number of hydrogen-bond acceptors (Lipinski definition) is 2. The van der Waals surface area contributed by atoms with E-state index in [4.69, 9.17) is 11.7 Å². The van der Waals surface area contributed by atoms with Crippen molar-refractivity contribution in [3.05, 3.63) is 29.6 Å². The summed E-state index contributed by atoms with van der Waals surface area (Å²) in [7, 11) is 1.70. The Morgan fingerprint density at radius 2 is 2.29 bits per heavy atom. The maximum Gasteiger partial charge on any atom is 0.147 e. The predicted molar refractivity (Wildman–Crippen MR) is 53.2 cm³/mol. The SMILES string of the molecule is C#CCN(C)c1ccc(C#N)cc1F. The summed E-state index contributed by atoms with van der Waals surface area (Å²) in [4.78, 5) is 1.61. The summed E-state index contributed by atoms with van der Waals surface area (Å²) in [5.74, 6) is 1.99. The van der Waals surface area contributed by atoms with Gasteiger partial charge in [0, 0.05) is 7.05 Å². The molecule has 0 heterocycles. The fourth-order valence-corrected chi connectivity index (χ4v) is 1.11. The van der Waals surface area contributed by atoms with E-state index in [1.807, 2.05) is 6.07 Å². The van der Waals surface area contributed by atoms with Gasteiger partial charge in [-0.1, -0.05) is 5.92 Å². The maximum atomic E-state index is 13.3. The van der Waals surface area contributed by atoms with Gasteiger partial charge in [0.2, 0.25) is 0 Å². The van der Waals surface area contributed by atoms with E-state index in [1.54, 1.807) is 24.1 Å². The second-order valence-electron chi connectivity index (χ2n) is 2.84. The predicted octanol–water partition coefficient (Wildman–Crippen LogP) is 1.77. The van der Waals surface area contributed by atoms with Gasteiger partial charge < -0.3 is 4.90 Å².